The highest BCUT2D eigenvalue weighted by molar-refractivity contribution is 5.98. The van der Waals surface area contributed by atoms with Gasteiger partial charge in [0.1, 0.15) is 11.4 Å². The summed E-state index contributed by atoms with van der Waals surface area (Å²) in [6.45, 7) is 12.1. The van der Waals surface area contributed by atoms with Crippen molar-refractivity contribution >= 4 is 23.4 Å². The monoisotopic (exact) mass is 411 g/mol. The molecule has 1 aliphatic heterocycles. The van der Waals surface area contributed by atoms with Gasteiger partial charge in [-0.25, -0.2) is 4.98 Å². The Labute approximate surface area is 178 Å². The third kappa shape index (κ3) is 5.05. The van der Waals surface area contributed by atoms with Crippen molar-refractivity contribution in [3.05, 3.63) is 35.3 Å². The number of aromatic nitrogens is 3. The number of nitrogens with one attached hydrogen (secondary N) is 1. The molecule has 1 amide bonds. The summed E-state index contributed by atoms with van der Waals surface area (Å²) in [5, 5.41) is 3.30. The molecule has 2 aromatic rings. The molecule has 30 heavy (non-hydrogen) atoms. The number of nitrogens with two attached hydrogens (primary N) is 2. The summed E-state index contributed by atoms with van der Waals surface area (Å²) in [5.41, 5.74) is 14.6. The molecule has 1 atom stereocenters. The van der Waals surface area contributed by atoms with Gasteiger partial charge in [-0.15, -0.1) is 0 Å². The highest BCUT2D eigenvalue weighted by atomic mass is 16.1. The number of amides is 1. The molecular formula is C22H33N7O. The molecule has 162 valence electrons. The van der Waals surface area contributed by atoms with Crippen molar-refractivity contribution in [1.29, 1.82) is 0 Å². The Hall–Kier alpha value is -2.74. The van der Waals surface area contributed by atoms with Gasteiger partial charge < -0.3 is 21.7 Å². The second-order valence-electron chi connectivity index (χ2n) is 9.34. The highest BCUT2D eigenvalue weighted by Crippen LogP contribution is 2.29. The lowest BCUT2D eigenvalue weighted by Gasteiger charge is -2.31. The van der Waals surface area contributed by atoms with E-state index < -0.39 is 5.91 Å². The lowest BCUT2D eigenvalue weighted by Crippen LogP contribution is -2.43. The molecule has 0 spiro atoms. The van der Waals surface area contributed by atoms with Gasteiger partial charge in [0.2, 0.25) is 5.95 Å². The number of anilines is 3. The van der Waals surface area contributed by atoms with Crippen molar-refractivity contribution in [3.63, 3.8) is 0 Å². The molecule has 3 heterocycles. The molecule has 1 saturated heterocycles. The molecule has 1 fully saturated rings. The van der Waals surface area contributed by atoms with Gasteiger partial charge in [0.15, 0.2) is 0 Å². The lowest BCUT2D eigenvalue weighted by molar-refractivity contribution is 0.100. The van der Waals surface area contributed by atoms with Crippen LogP contribution in [0.3, 0.4) is 0 Å². The van der Waals surface area contributed by atoms with Gasteiger partial charge in [-0.05, 0) is 30.9 Å². The minimum atomic E-state index is -0.575. The minimum Gasteiger partial charge on any atom is -0.365 e. The van der Waals surface area contributed by atoms with Crippen LogP contribution in [0.15, 0.2) is 18.3 Å². The summed E-state index contributed by atoms with van der Waals surface area (Å²) in [5.74, 6) is 0.632. The molecule has 3 rings (SSSR count). The molecule has 8 nitrogen and oxygen atoms in total. The number of nitrogens with zero attached hydrogens (tertiary/aromatic N) is 4. The third-order valence-corrected chi connectivity index (χ3v) is 5.25. The Morgan fingerprint density at radius 2 is 2.00 bits per heavy atom. The van der Waals surface area contributed by atoms with Crippen LogP contribution in [0.2, 0.25) is 0 Å². The molecule has 0 saturated carbocycles. The predicted molar refractivity (Wildman–Crippen MR) is 120 cm³/mol. The molecule has 5 N–H and O–H groups in total. The quantitative estimate of drug-likeness (QED) is 0.691. The van der Waals surface area contributed by atoms with Crippen LogP contribution in [0, 0.1) is 0 Å². The Bertz CT molecular complexity index is 920. The van der Waals surface area contributed by atoms with E-state index in [0.717, 1.165) is 36.5 Å². The van der Waals surface area contributed by atoms with Crippen LogP contribution in [-0.2, 0) is 5.41 Å². The second kappa shape index (κ2) is 8.55. The number of carbonyl (C=O) groups is 1. The SMILES string of the molecule is CC(C)c1cc(Nc2nc(N3CCCC(N)C3)ncc2C(N)=O)cc(C(C)(C)C)n1. The zero-order valence-electron chi connectivity index (χ0n) is 18.6. The molecule has 2 aromatic heterocycles. The van der Waals surface area contributed by atoms with E-state index in [9.17, 15) is 4.79 Å². The van der Waals surface area contributed by atoms with Crippen LogP contribution in [0.1, 0.15) is 75.1 Å². The van der Waals surface area contributed by atoms with Crippen LogP contribution in [0.25, 0.3) is 0 Å². The van der Waals surface area contributed by atoms with Crippen LogP contribution >= 0.6 is 0 Å². The summed E-state index contributed by atoms with van der Waals surface area (Å²) >= 11 is 0. The Morgan fingerprint density at radius 1 is 1.27 bits per heavy atom. The number of piperidine rings is 1. The van der Waals surface area contributed by atoms with Crippen molar-refractivity contribution in [2.24, 2.45) is 11.5 Å². The van der Waals surface area contributed by atoms with E-state index >= 15 is 0 Å². The number of hydrogen-bond donors (Lipinski definition) is 3. The van der Waals surface area contributed by atoms with E-state index in [-0.39, 0.29) is 22.9 Å². The van der Waals surface area contributed by atoms with E-state index in [0.29, 0.717) is 18.3 Å². The molecule has 8 heteroatoms. The number of rotatable bonds is 5. The largest absolute Gasteiger partial charge is 0.365 e. The zero-order valence-corrected chi connectivity index (χ0v) is 18.6. The zero-order chi connectivity index (χ0) is 22.1. The molecule has 0 aliphatic carbocycles. The minimum absolute atomic E-state index is 0.0951. The summed E-state index contributed by atoms with van der Waals surface area (Å²) in [4.78, 5) is 27.9. The maximum absolute atomic E-state index is 12.0. The maximum atomic E-state index is 12.0. The van der Waals surface area contributed by atoms with Gasteiger partial charge in [-0.3, -0.25) is 9.78 Å². The van der Waals surface area contributed by atoms with Crippen LogP contribution < -0.4 is 21.7 Å². The second-order valence-corrected chi connectivity index (χ2v) is 9.34. The smallest absolute Gasteiger partial charge is 0.254 e. The number of hydrogen-bond acceptors (Lipinski definition) is 7. The summed E-state index contributed by atoms with van der Waals surface area (Å²) in [7, 11) is 0. The Morgan fingerprint density at radius 3 is 2.60 bits per heavy atom. The van der Waals surface area contributed by atoms with E-state index in [1.54, 1.807) is 0 Å². The number of carbonyl (C=O) groups excluding carboxylic acids is 1. The fourth-order valence-electron chi connectivity index (χ4n) is 3.43. The summed E-state index contributed by atoms with van der Waals surface area (Å²) in [6, 6.07) is 4.08. The third-order valence-electron chi connectivity index (χ3n) is 5.25. The van der Waals surface area contributed by atoms with Gasteiger partial charge in [-0.1, -0.05) is 34.6 Å². The van der Waals surface area contributed by atoms with Crippen molar-refractivity contribution < 1.29 is 4.79 Å². The van der Waals surface area contributed by atoms with Gasteiger partial charge in [0, 0.05) is 47.8 Å². The van der Waals surface area contributed by atoms with Gasteiger partial charge in [-0.2, -0.15) is 4.98 Å². The number of pyridine rings is 1. The molecule has 0 radical (unpaired) electrons. The van der Waals surface area contributed by atoms with E-state index in [1.165, 1.54) is 6.20 Å². The van der Waals surface area contributed by atoms with Crippen molar-refractivity contribution in [1.82, 2.24) is 15.0 Å². The van der Waals surface area contributed by atoms with Crippen LogP contribution in [0.4, 0.5) is 17.5 Å². The topological polar surface area (TPSA) is 123 Å². The first kappa shape index (κ1) is 22.0. The molecule has 0 bridgehead atoms. The molecule has 0 aromatic carbocycles. The van der Waals surface area contributed by atoms with Gasteiger partial charge in [0.05, 0.1) is 0 Å². The molecule has 1 aliphatic rings. The standard InChI is InChI=1S/C22H33N7O/c1-13(2)17-9-15(10-18(27-17)22(3,4)5)26-20-16(19(24)30)11-25-21(28-20)29-8-6-7-14(23)12-29/h9-11,13-14H,6-8,12,23H2,1-5H3,(H2,24,30)(H,25,26,27,28). The van der Waals surface area contributed by atoms with Crippen molar-refractivity contribution in [2.75, 3.05) is 23.3 Å². The maximum Gasteiger partial charge on any atom is 0.254 e. The van der Waals surface area contributed by atoms with Crippen LogP contribution in [-0.4, -0.2) is 40.0 Å². The molecular weight excluding hydrogens is 378 g/mol. The van der Waals surface area contributed by atoms with E-state index in [1.807, 2.05) is 12.1 Å². The first-order valence-corrected chi connectivity index (χ1v) is 10.5. The van der Waals surface area contributed by atoms with Crippen molar-refractivity contribution in [2.45, 2.75) is 64.8 Å². The summed E-state index contributed by atoms with van der Waals surface area (Å²) < 4.78 is 0. The first-order valence-electron chi connectivity index (χ1n) is 10.5. The van der Waals surface area contributed by atoms with Gasteiger partial charge in [0.25, 0.3) is 5.91 Å². The molecule has 1 unspecified atom stereocenters. The lowest BCUT2D eigenvalue weighted by atomic mass is 9.90. The van der Waals surface area contributed by atoms with Crippen LogP contribution in [0.5, 0.6) is 0 Å². The fourth-order valence-corrected chi connectivity index (χ4v) is 3.43. The first-order chi connectivity index (χ1) is 14.0. The Kier molecular flexibility index (Phi) is 6.26. The van der Waals surface area contributed by atoms with Gasteiger partial charge >= 0.3 is 0 Å². The highest BCUT2D eigenvalue weighted by Gasteiger charge is 2.22. The summed E-state index contributed by atoms with van der Waals surface area (Å²) in [6.07, 6.45) is 3.47. The van der Waals surface area contributed by atoms with Crippen molar-refractivity contribution in [3.8, 4) is 0 Å². The Balaban J connectivity index is 2.01. The normalized spacial score (nSPS) is 17.3. The van der Waals surface area contributed by atoms with E-state index in [2.05, 4.69) is 54.8 Å². The predicted octanol–water partition coefficient (Wildman–Crippen LogP) is 3.06. The fraction of sp³-hybridized carbons (Fsp3) is 0.545. The average Bonchev–Trinajstić information content (AvgIpc) is 2.66. The average molecular weight is 412 g/mol. The number of primary amides is 1. The van der Waals surface area contributed by atoms with E-state index in [4.69, 9.17) is 16.5 Å².